The standard InChI is InChI=1S/C27H21Cl2N3/c28-25-11-5-21(6-12-25)18-30-17-20-1-7-23(8-2-20)24-9-3-22(4-10-24)19-31-32-27-15-13-26(29)14-16-27/h1-17,19,32H,18H2/b30-17?,31-19+. The molecule has 3 nitrogen and oxygen atoms in total. The van der Waals surface area contributed by atoms with Crippen LogP contribution in [0.5, 0.6) is 0 Å². The SMILES string of the molecule is Clc1ccc(CN=Cc2ccc(-c3ccc(/C=N/Nc4ccc(Cl)cc4)cc3)cc2)cc1. The van der Waals surface area contributed by atoms with Crippen LogP contribution < -0.4 is 5.43 Å². The maximum absolute atomic E-state index is 5.91. The number of aliphatic imine (C=N–C) groups is 1. The van der Waals surface area contributed by atoms with Gasteiger partial charge in [-0.3, -0.25) is 10.4 Å². The lowest BCUT2D eigenvalue weighted by Crippen LogP contribution is -1.90. The summed E-state index contributed by atoms with van der Waals surface area (Å²) in [5, 5.41) is 5.71. The number of nitrogens with one attached hydrogen (secondary N) is 1. The summed E-state index contributed by atoms with van der Waals surface area (Å²) in [6, 6.07) is 31.8. The predicted octanol–water partition coefficient (Wildman–Crippen LogP) is 7.73. The van der Waals surface area contributed by atoms with Crippen LogP contribution in [-0.4, -0.2) is 12.4 Å². The molecule has 0 amide bonds. The van der Waals surface area contributed by atoms with E-state index in [1.54, 1.807) is 6.21 Å². The van der Waals surface area contributed by atoms with E-state index >= 15 is 0 Å². The quantitative estimate of drug-likeness (QED) is 0.223. The Morgan fingerprint density at radius 3 is 1.66 bits per heavy atom. The molecule has 0 aromatic heterocycles. The first-order chi connectivity index (χ1) is 15.7. The number of halogens is 2. The summed E-state index contributed by atoms with van der Waals surface area (Å²) in [6.45, 7) is 0.634. The second-order valence-electron chi connectivity index (χ2n) is 7.22. The first-order valence-corrected chi connectivity index (χ1v) is 10.9. The van der Waals surface area contributed by atoms with Gasteiger partial charge in [-0.2, -0.15) is 5.10 Å². The zero-order chi connectivity index (χ0) is 22.2. The van der Waals surface area contributed by atoms with Gasteiger partial charge in [0.1, 0.15) is 0 Å². The average molecular weight is 458 g/mol. The summed E-state index contributed by atoms with van der Waals surface area (Å²) >= 11 is 11.8. The molecule has 4 aromatic rings. The maximum atomic E-state index is 5.91. The third-order valence-corrected chi connectivity index (χ3v) is 5.34. The second-order valence-corrected chi connectivity index (χ2v) is 8.09. The fourth-order valence-electron chi connectivity index (χ4n) is 3.08. The molecule has 0 spiro atoms. The number of hydrazone groups is 1. The number of nitrogens with zero attached hydrogens (tertiary/aromatic N) is 2. The van der Waals surface area contributed by atoms with Crippen molar-refractivity contribution in [1.82, 2.24) is 0 Å². The summed E-state index contributed by atoms with van der Waals surface area (Å²) in [6.07, 6.45) is 3.68. The molecule has 0 atom stereocenters. The molecular formula is C27H21Cl2N3. The van der Waals surface area contributed by atoms with Crippen LogP contribution >= 0.6 is 23.2 Å². The Balaban J connectivity index is 1.33. The highest BCUT2D eigenvalue weighted by molar-refractivity contribution is 6.30. The van der Waals surface area contributed by atoms with Crippen molar-refractivity contribution in [1.29, 1.82) is 0 Å². The second kappa shape index (κ2) is 10.8. The van der Waals surface area contributed by atoms with E-state index in [9.17, 15) is 0 Å². The van der Waals surface area contributed by atoms with E-state index in [2.05, 4.69) is 51.9 Å². The van der Waals surface area contributed by atoms with Crippen molar-refractivity contribution in [2.24, 2.45) is 10.1 Å². The predicted molar refractivity (Wildman–Crippen MR) is 137 cm³/mol. The Labute approximate surface area is 198 Å². The van der Waals surface area contributed by atoms with E-state index < -0.39 is 0 Å². The van der Waals surface area contributed by atoms with Crippen molar-refractivity contribution in [2.45, 2.75) is 6.54 Å². The highest BCUT2D eigenvalue weighted by atomic mass is 35.5. The summed E-state index contributed by atoms with van der Waals surface area (Å²) in [5.41, 5.74) is 9.41. The van der Waals surface area contributed by atoms with E-state index in [-0.39, 0.29) is 0 Å². The van der Waals surface area contributed by atoms with Crippen molar-refractivity contribution in [3.05, 3.63) is 124 Å². The molecule has 0 heterocycles. The number of anilines is 1. The minimum atomic E-state index is 0.634. The molecule has 158 valence electrons. The van der Waals surface area contributed by atoms with Crippen LogP contribution in [0.4, 0.5) is 5.69 Å². The van der Waals surface area contributed by atoms with Gasteiger partial charge in [0.15, 0.2) is 0 Å². The van der Waals surface area contributed by atoms with E-state index in [1.165, 1.54) is 0 Å². The minimum Gasteiger partial charge on any atom is -0.288 e. The highest BCUT2D eigenvalue weighted by Gasteiger charge is 1.98. The maximum Gasteiger partial charge on any atom is 0.0639 e. The Bertz CT molecular complexity index is 1100. The van der Waals surface area contributed by atoms with Crippen LogP contribution in [0.15, 0.2) is 107 Å². The molecule has 0 unspecified atom stereocenters. The summed E-state index contributed by atoms with van der Waals surface area (Å²) in [4.78, 5) is 4.52. The molecule has 32 heavy (non-hydrogen) atoms. The number of hydrogen-bond donors (Lipinski definition) is 1. The number of benzene rings is 4. The summed E-state index contributed by atoms with van der Waals surface area (Å²) in [5.74, 6) is 0. The lowest BCUT2D eigenvalue weighted by molar-refractivity contribution is 1.08. The third-order valence-electron chi connectivity index (χ3n) is 4.83. The minimum absolute atomic E-state index is 0.634. The zero-order valence-electron chi connectivity index (χ0n) is 17.2. The van der Waals surface area contributed by atoms with E-state index in [0.29, 0.717) is 11.6 Å². The van der Waals surface area contributed by atoms with Crippen LogP contribution in [0.25, 0.3) is 11.1 Å². The lowest BCUT2D eigenvalue weighted by Gasteiger charge is -2.04. The van der Waals surface area contributed by atoms with Crippen molar-refractivity contribution in [3.63, 3.8) is 0 Å². The van der Waals surface area contributed by atoms with Crippen LogP contribution in [0.2, 0.25) is 10.0 Å². The average Bonchev–Trinajstić information content (AvgIpc) is 2.83. The van der Waals surface area contributed by atoms with E-state index in [4.69, 9.17) is 23.2 Å². The van der Waals surface area contributed by atoms with Gasteiger partial charge in [-0.1, -0.05) is 83.9 Å². The van der Waals surface area contributed by atoms with Crippen LogP contribution in [0, 0.1) is 0 Å². The van der Waals surface area contributed by atoms with E-state index in [1.807, 2.05) is 66.9 Å². The van der Waals surface area contributed by atoms with Crippen molar-refractivity contribution in [2.75, 3.05) is 5.43 Å². The molecular weight excluding hydrogens is 437 g/mol. The van der Waals surface area contributed by atoms with Gasteiger partial charge in [0, 0.05) is 16.3 Å². The molecule has 4 rings (SSSR count). The topological polar surface area (TPSA) is 36.8 Å². The molecule has 0 saturated heterocycles. The summed E-state index contributed by atoms with van der Waals surface area (Å²) in [7, 11) is 0. The van der Waals surface area contributed by atoms with E-state index in [0.717, 1.165) is 38.5 Å². The molecule has 0 saturated carbocycles. The van der Waals surface area contributed by atoms with Crippen molar-refractivity contribution < 1.29 is 0 Å². The summed E-state index contributed by atoms with van der Waals surface area (Å²) < 4.78 is 0. The first kappa shape index (κ1) is 21.8. The van der Waals surface area contributed by atoms with Crippen molar-refractivity contribution in [3.8, 4) is 11.1 Å². The Hall–Kier alpha value is -3.40. The molecule has 0 aliphatic heterocycles. The fraction of sp³-hybridized carbons (Fsp3) is 0.0370. The molecule has 1 N–H and O–H groups in total. The Morgan fingerprint density at radius 1 is 0.594 bits per heavy atom. The molecule has 0 aliphatic rings. The Morgan fingerprint density at radius 2 is 1.09 bits per heavy atom. The van der Waals surface area contributed by atoms with Gasteiger partial charge >= 0.3 is 0 Å². The molecule has 4 aromatic carbocycles. The highest BCUT2D eigenvalue weighted by Crippen LogP contribution is 2.20. The molecule has 0 radical (unpaired) electrons. The van der Waals surface area contributed by atoms with Crippen LogP contribution in [-0.2, 0) is 6.54 Å². The van der Waals surface area contributed by atoms with Gasteiger partial charge < -0.3 is 0 Å². The van der Waals surface area contributed by atoms with Gasteiger partial charge in [-0.15, -0.1) is 0 Å². The molecule has 0 fully saturated rings. The van der Waals surface area contributed by atoms with Gasteiger partial charge in [-0.25, -0.2) is 0 Å². The molecule has 0 bridgehead atoms. The molecule has 5 heteroatoms. The van der Waals surface area contributed by atoms with Gasteiger partial charge in [0.05, 0.1) is 18.4 Å². The monoisotopic (exact) mass is 457 g/mol. The van der Waals surface area contributed by atoms with Crippen molar-refractivity contribution >= 4 is 41.3 Å². The van der Waals surface area contributed by atoms with Gasteiger partial charge in [-0.05, 0) is 64.2 Å². The largest absolute Gasteiger partial charge is 0.288 e. The normalized spacial score (nSPS) is 11.3. The lowest BCUT2D eigenvalue weighted by atomic mass is 10.0. The van der Waals surface area contributed by atoms with Crippen LogP contribution in [0.3, 0.4) is 0 Å². The number of rotatable bonds is 7. The van der Waals surface area contributed by atoms with Gasteiger partial charge in [0.25, 0.3) is 0 Å². The first-order valence-electron chi connectivity index (χ1n) is 10.2. The third kappa shape index (κ3) is 6.30. The Kier molecular flexibility index (Phi) is 7.34. The smallest absolute Gasteiger partial charge is 0.0639 e. The van der Waals surface area contributed by atoms with Crippen LogP contribution in [0.1, 0.15) is 16.7 Å². The number of hydrogen-bond acceptors (Lipinski definition) is 3. The van der Waals surface area contributed by atoms with Gasteiger partial charge in [0.2, 0.25) is 0 Å². The zero-order valence-corrected chi connectivity index (χ0v) is 18.8. The fourth-order valence-corrected chi connectivity index (χ4v) is 3.33. The molecule has 0 aliphatic carbocycles.